The zero-order chi connectivity index (χ0) is 20.0. The van der Waals surface area contributed by atoms with Gasteiger partial charge in [-0.25, -0.2) is 13.2 Å². The van der Waals surface area contributed by atoms with Crippen LogP contribution in [0.5, 0.6) is 0 Å². The van der Waals surface area contributed by atoms with Gasteiger partial charge in [0.1, 0.15) is 0 Å². The van der Waals surface area contributed by atoms with E-state index >= 15 is 0 Å². The quantitative estimate of drug-likeness (QED) is 0.591. The SMILES string of the molecule is COC(=O)[C@@H](CO)NC(=O)c1cccc(S(=O)(=O)Nc2ccc(Cl)cc2)c1. The van der Waals surface area contributed by atoms with E-state index in [0.717, 1.165) is 13.2 Å². The van der Waals surface area contributed by atoms with Crippen LogP contribution in [0.25, 0.3) is 0 Å². The molecular weight excluding hydrogens is 396 g/mol. The highest BCUT2D eigenvalue weighted by Crippen LogP contribution is 2.19. The highest BCUT2D eigenvalue weighted by atomic mass is 35.5. The van der Waals surface area contributed by atoms with Gasteiger partial charge in [-0.15, -0.1) is 0 Å². The summed E-state index contributed by atoms with van der Waals surface area (Å²) < 4.78 is 31.8. The van der Waals surface area contributed by atoms with Gasteiger partial charge in [0.25, 0.3) is 15.9 Å². The van der Waals surface area contributed by atoms with E-state index in [-0.39, 0.29) is 10.5 Å². The number of aliphatic hydroxyl groups is 1. The number of sulfonamides is 1. The van der Waals surface area contributed by atoms with E-state index in [1.54, 1.807) is 0 Å². The van der Waals surface area contributed by atoms with Crippen LogP contribution in [0.2, 0.25) is 5.02 Å². The molecule has 0 unspecified atom stereocenters. The molecule has 0 bridgehead atoms. The maximum atomic E-state index is 12.5. The fourth-order valence-electron chi connectivity index (χ4n) is 2.10. The highest BCUT2D eigenvalue weighted by Gasteiger charge is 2.22. The molecule has 0 aromatic heterocycles. The molecular formula is C17H17ClN2O6S. The number of halogens is 1. The normalized spacial score (nSPS) is 12.1. The lowest BCUT2D eigenvalue weighted by Gasteiger charge is -2.14. The molecule has 0 fully saturated rings. The van der Waals surface area contributed by atoms with Gasteiger partial charge in [0.2, 0.25) is 0 Å². The standard InChI is InChI=1S/C17H17ClN2O6S/c1-26-17(23)15(10-21)19-16(22)11-3-2-4-14(9-11)27(24,25)20-13-7-5-12(18)6-8-13/h2-9,15,20-21H,10H2,1H3,(H,19,22)/t15-/m1/s1. The van der Waals surface area contributed by atoms with Crippen LogP contribution in [0.1, 0.15) is 10.4 Å². The number of hydrogen-bond acceptors (Lipinski definition) is 6. The molecule has 1 amide bonds. The molecule has 27 heavy (non-hydrogen) atoms. The molecule has 0 aliphatic rings. The Kier molecular flexibility index (Phi) is 6.78. The smallest absolute Gasteiger partial charge is 0.330 e. The number of amides is 1. The summed E-state index contributed by atoms with van der Waals surface area (Å²) in [6.07, 6.45) is 0. The number of methoxy groups -OCH3 is 1. The van der Waals surface area contributed by atoms with Crippen LogP contribution in [0, 0.1) is 0 Å². The molecule has 2 aromatic rings. The van der Waals surface area contributed by atoms with Crippen molar-refractivity contribution in [3.05, 3.63) is 59.1 Å². The lowest BCUT2D eigenvalue weighted by molar-refractivity contribution is -0.143. The van der Waals surface area contributed by atoms with Gasteiger partial charge in [-0.1, -0.05) is 17.7 Å². The van der Waals surface area contributed by atoms with E-state index in [4.69, 9.17) is 16.7 Å². The first-order valence-corrected chi connectivity index (χ1v) is 9.51. The number of carbonyl (C=O) groups is 2. The first-order chi connectivity index (χ1) is 12.8. The number of rotatable bonds is 7. The first-order valence-electron chi connectivity index (χ1n) is 7.65. The summed E-state index contributed by atoms with van der Waals surface area (Å²) in [6, 6.07) is 10.0. The van der Waals surface area contributed by atoms with E-state index in [1.807, 2.05) is 0 Å². The average molecular weight is 413 g/mol. The molecule has 0 saturated heterocycles. The van der Waals surface area contributed by atoms with Crippen LogP contribution in [0.15, 0.2) is 53.4 Å². The predicted octanol–water partition coefficient (Wildman–Crippen LogP) is 1.40. The molecule has 2 aromatic carbocycles. The molecule has 0 aliphatic heterocycles. The second-order valence-electron chi connectivity index (χ2n) is 5.37. The third-order valence-electron chi connectivity index (χ3n) is 3.48. The molecule has 3 N–H and O–H groups in total. The van der Waals surface area contributed by atoms with Crippen LogP contribution in [-0.4, -0.2) is 45.2 Å². The van der Waals surface area contributed by atoms with Gasteiger partial charge < -0.3 is 15.2 Å². The van der Waals surface area contributed by atoms with Gasteiger partial charge in [-0.05, 0) is 42.5 Å². The van der Waals surface area contributed by atoms with Crippen LogP contribution in [0.3, 0.4) is 0 Å². The fraction of sp³-hybridized carbons (Fsp3) is 0.176. The maximum absolute atomic E-state index is 12.5. The molecule has 8 nitrogen and oxygen atoms in total. The number of aliphatic hydroxyl groups excluding tert-OH is 1. The maximum Gasteiger partial charge on any atom is 0.330 e. The molecule has 0 spiro atoms. The topological polar surface area (TPSA) is 122 Å². The van der Waals surface area contributed by atoms with Crippen molar-refractivity contribution in [3.63, 3.8) is 0 Å². The molecule has 0 radical (unpaired) electrons. The lowest BCUT2D eigenvalue weighted by Crippen LogP contribution is -2.44. The second-order valence-corrected chi connectivity index (χ2v) is 7.49. The van der Waals surface area contributed by atoms with Crippen molar-refractivity contribution in [2.45, 2.75) is 10.9 Å². The van der Waals surface area contributed by atoms with Gasteiger partial charge in [-0.2, -0.15) is 0 Å². The minimum absolute atomic E-state index is 0.00339. The number of nitrogens with one attached hydrogen (secondary N) is 2. The van der Waals surface area contributed by atoms with Crippen molar-refractivity contribution in [1.29, 1.82) is 0 Å². The monoisotopic (exact) mass is 412 g/mol. The Labute approximate surface area is 161 Å². The van der Waals surface area contributed by atoms with Crippen LogP contribution in [0.4, 0.5) is 5.69 Å². The van der Waals surface area contributed by atoms with Crippen molar-refractivity contribution < 1.29 is 27.9 Å². The van der Waals surface area contributed by atoms with E-state index < -0.39 is 34.5 Å². The van der Waals surface area contributed by atoms with E-state index in [2.05, 4.69) is 14.8 Å². The average Bonchev–Trinajstić information content (AvgIpc) is 2.67. The zero-order valence-corrected chi connectivity index (χ0v) is 15.8. The number of anilines is 1. The number of hydrogen-bond donors (Lipinski definition) is 3. The van der Waals surface area contributed by atoms with Gasteiger partial charge in [0.15, 0.2) is 6.04 Å². The minimum Gasteiger partial charge on any atom is -0.467 e. The lowest BCUT2D eigenvalue weighted by atomic mass is 10.2. The largest absolute Gasteiger partial charge is 0.467 e. The summed E-state index contributed by atoms with van der Waals surface area (Å²) in [4.78, 5) is 23.6. The van der Waals surface area contributed by atoms with Crippen molar-refractivity contribution >= 4 is 39.2 Å². The highest BCUT2D eigenvalue weighted by molar-refractivity contribution is 7.92. The van der Waals surface area contributed by atoms with Crippen molar-refractivity contribution in [2.75, 3.05) is 18.4 Å². The fourth-order valence-corrected chi connectivity index (χ4v) is 3.33. The van der Waals surface area contributed by atoms with Gasteiger partial charge in [-0.3, -0.25) is 9.52 Å². The number of esters is 1. The molecule has 0 aliphatic carbocycles. The molecule has 10 heteroatoms. The Hall–Kier alpha value is -2.62. The summed E-state index contributed by atoms with van der Waals surface area (Å²) in [5.74, 6) is -1.55. The number of carbonyl (C=O) groups excluding carboxylic acids is 2. The number of ether oxygens (including phenoxy) is 1. The summed E-state index contributed by atoms with van der Waals surface area (Å²) in [6.45, 7) is -0.658. The van der Waals surface area contributed by atoms with E-state index in [1.165, 1.54) is 42.5 Å². The first kappa shape index (κ1) is 20.7. The summed E-state index contributed by atoms with van der Waals surface area (Å²) in [7, 11) is -2.83. The van der Waals surface area contributed by atoms with Crippen molar-refractivity contribution in [2.24, 2.45) is 0 Å². The summed E-state index contributed by atoms with van der Waals surface area (Å²) in [5, 5.41) is 11.9. The predicted molar refractivity (Wildman–Crippen MR) is 99.1 cm³/mol. The summed E-state index contributed by atoms with van der Waals surface area (Å²) in [5.41, 5.74) is 0.302. The van der Waals surface area contributed by atoms with E-state index in [9.17, 15) is 18.0 Å². The third-order valence-corrected chi connectivity index (χ3v) is 5.11. The van der Waals surface area contributed by atoms with Gasteiger partial charge >= 0.3 is 5.97 Å². The molecule has 0 heterocycles. The van der Waals surface area contributed by atoms with Crippen LogP contribution < -0.4 is 10.0 Å². The second kappa shape index (κ2) is 8.85. The van der Waals surface area contributed by atoms with Crippen molar-refractivity contribution in [3.8, 4) is 0 Å². The van der Waals surface area contributed by atoms with E-state index in [0.29, 0.717) is 10.7 Å². The molecule has 144 valence electrons. The third kappa shape index (κ3) is 5.43. The van der Waals surface area contributed by atoms with Crippen molar-refractivity contribution in [1.82, 2.24) is 5.32 Å². The van der Waals surface area contributed by atoms with Gasteiger partial charge in [0, 0.05) is 16.3 Å². The summed E-state index contributed by atoms with van der Waals surface area (Å²) >= 11 is 5.77. The zero-order valence-electron chi connectivity index (χ0n) is 14.2. The Bertz CT molecular complexity index is 931. The Balaban J connectivity index is 2.21. The Morgan fingerprint density at radius 2 is 1.85 bits per heavy atom. The number of benzene rings is 2. The minimum atomic E-state index is -3.95. The Morgan fingerprint density at radius 3 is 2.44 bits per heavy atom. The molecule has 2 rings (SSSR count). The van der Waals surface area contributed by atoms with Crippen LogP contribution >= 0.6 is 11.6 Å². The molecule has 0 saturated carbocycles. The molecule has 1 atom stereocenters. The Morgan fingerprint density at radius 1 is 1.19 bits per heavy atom. The van der Waals surface area contributed by atoms with Crippen LogP contribution in [-0.2, 0) is 19.6 Å². The van der Waals surface area contributed by atoms with Gasteiger partial charge in [0.05, 0.1) is 18.6 Å².